The van der Waals surface area contributed by atoms with Crippen molar-refractivity contribution in [1.29, 1.82) is 0 Å². The van der Waals surface area contributed by atoms with E-state index in [0.29, 0.717) is 6.10 Å². The van der Waals surface area contributed by atoms with Gasteiger partial charge < -0.3 is 4.74 Å². The fourth-order valence-electron chi connectivity index (χ4n) is 1.04. The van der Waals surface area contributed by atoms with E-state index in [1.807, 2.05) is 0 Å². The van der Waals surface area contributed by atoms with Gasteiger partial charge in [-0.1, -0.05) is 0 Å². The Bertz CT molecular complexity index is 87.3. The summed E-state index contributed by atoms with van der Waals surface area (Å²) < 4.78 is 5.51. The molecule has 1 aliphatic rings. The van der Waals surface area contributed by atoms with Gasteiger partial charge in [-0.15, -0.1) is 0 Å². The van der Waals surface area contributed by atoms with Crippen molar-refractivity contribution in [3.05, 3.63) is 0 Å². The van der Waals surface area contributed by atoms with E-state index < -0.39 is 0 Å². The van der Waals surface area contributed by atoms with Crippen LogP contribution in [0.3, 0.4) is 0 Å². The molecule has 2 heteroatoms. The minimum atomic E-state index is 0.408. The SMILES string of the molecule is CC(C)OCC1CCSC1. The van der Waals surface area contributed by atoms with Gasteiger partial charge >= 0.3 is 0 Å². The fraction of sp³-hybridized carbons (Fsp3) is 1.00. The molecule has 0 bridgehead atoms. The summed E-state index contributed by atoms with van der Waals surface area (Å²) in [6, 6.07) is 0. The second-order valence-corrected chi connectivity index (χ2v) is 4.26. The highest BCUT2D eigenvalue weighted by Crippen LogP contribution is 2.23. The van der Waals surface area contributed by atoms with E-state index in [1.165, 1.54) is 17.9 Å². The highest BCUT2D eigenvalue weighted by molar-refractivity contribution is 7.99. The average molecular weight is 160 g/mol. The first kappa shape index (κ1) is 8.41. The summed E-state index contributed by atoms with van der Waals surface area (Å²) in [4.78, 5) is 0. The van der Waals surface area contributed by atoms with Crippen LogP contribution in [-0.4, -0.2) is 24.2 Å². The number of rotatable bonds is 3. The summed E-state index contributed by atoms with van der Waals surface area (Å²) in [5.41, 5.74) is 0. The predicted molar refractivity (Wildman–Crippen MR) is 46.5 cm³/mol. The Balaban J connectivity index is 2.01. The molecule has 1 aliphatic heterocycles. The summed E-state index contributed by atoms with van der Waals surface area (Å²) >= 11 is 2.05. The van der Waals surface area contributed by atoms with Crippen molar-refractivity contribution in [2.24, 2.45) is 5.92 Å². The highest BCUT2D eigenvalue weighted by Gasteiger charge is 2.15. The van der Waals surface area contributed by atoms with Gasteiger partial charge in [0.2, 0.25) is 0 Å². The third kappa shape index (κ3) is 2.93. The van der Waals surface area contributed by atoms with Gasteiger partial charge in [-0.3, -0.25) is 0 Å². The molecule has 0 aromatic carbocycles. The normalized spacial score (nSPS) is 26.1. The lowest BCUT2D eigenvalue weighted by Crippen LogP contribution is -2.12. The molecule has 0 radical (unpaired) electrons. The summed E-state index contributed by atoms with van der Waals surface area (Å²) in [7, 11) is 0. The van der Waals surface area contributed by atoms with E-state index in [2.05, 4.69) is 25.6 Å². The van der Waals surface area contributed by atoms with Crippen molar-refractivity contribution in [3.63, 3.8) is 0 Å². The quantitative estimate of drug-likeness (QED) is 0.625. The maximum absolute atomic E-state index is 5.51. The minimum Gasteiger partial charge on any atom is -0.378 e. The number of thioether (sulfide) groups is 1. The first-order chi connectivity index (χ1) is 4.79. The van der Waals surface area contributed by atoms with Gasteiger partial charge in [-0.05, 0) is 37.7 Å². The third-order valence-electron chi connectivity index (χ3n) is 1.69. The molecule has 0 aliphatic carbocycles. The Morgan fingerprint density at radius 2 is 2.40 bits per heavy atom. The lowest BCUT2D eigenvalue weighted by atomic mass is 10.1. The second-order valence-electron chi connectivity index (χ2n) is 3.11. The Kier molecular flexibility index (Phi) is 3.57. The average Bonchev–Trinajstić information content (AvgIpc) is 2.34. The van der Waals surface area contributed by atoms with Crippen LogP contribution >= 0.6 is 11.8 Å². The Hall–Kier alpha value is 0.310. The van der Waals surface area contributed by atoms with Crippen molar-refractivity contribution in [3.8, 4) is 0 Å². The van der Waals surface area contributed by atoms with Crippen LogP contribution in [0.15, 0.2) is 0 Å². The van der Waals surface area contributed by atoms with Gasteiger partial charge in [0.1, 0.15) is 0 Å². The van der Waals surface area contributed by atoms with Crippen LogP contribution in [0.25, 0.3) is 0 Å². The van der Waals surface area contributed by atoms with E-state index >= 15 is 0 Å². The maximum atomic E-state index is 5.51. The molecule has 0 N–H and O–H groups in total. The van der Waals surface area contributed by atoms with Crippen LogP contribution in [0.5, 0.6) is 0 Å². The molecule has 1 atom stereocenters. The largest absolute Gasteiger partial charge is 0.378 e. The molecule has 1 saturated heterocycles. The van der Waals surface area contributed by atoms with Gasteiger partial charge in [-0.25, -0.2) is 0 Å². The summed E-state index contributed by atoms with van der Waals surface area (Å²) in [6.07, 6.45) is 1.77. The molecular weight excluding hydrogens is 144 g/mol. The molecule has 0 saturated carbocycles. The zero-order chi connectivity index (χ0) is 7.40. The number of hydrogen-bond acceptors (Lipinski definition) is 2. The van der Waals surface area contributed by atoms with Gasteiger partial charge in [0, 0.05) is 0 Å². The van der Waals surface area contributed by atoms with Gasteiger partial charge in [0.15, 0.2) is 0 Å². The molecule has 1 unspecified atom stereocenters. The molecule has 1 heterocycles. The van der Waals surface area contributed by atoms with Crippen molar-refractivity contribution in [2.75, 3.05) is 18.1 Å². The minimum absolute atomic E-state index is 0.408. The van der Waals surface area contributed by atoms with Crippen LogP contribution in [0.1, 0.15) is 20.3 Å². The van der Waals surface area contributed by atoms with E-state index in [-0.39, 0.29) is 0 Å². The van der Waals surface area contributed by atoms with E-state index in [9.17, 15) is 0 Å². The smallest absolute Gasteiger partial charge is 0.0519 e. The molecule has 1 fully saturated rings. The zero-order valence-electron chi connectivity index (χ0n) is 6.80. The van der Waals surface area contributed by atoms with Gasteiger partial charge in [0.25, 0.3) is 0 Å². The van der Waals surface area contributed by atoms with E-state index in [4.69, 9.17) is 4.74 Å². The lowest BCUT2D eigenvalue weighted by Gasteiger charge is -2.11. The molecule has 0 spiro atoms. The first-order valence-electron chi connectivity index (χ1n) is 3.98. The molecule has 60 valence electrons. The maximum Gasteiger partial charge on any atom is 0.0519 e. The molecular formula is C8H16OS. The van der Waals surface area contributed by atoms with Crippen LogP contribution in [0.4, 0.5) is 0 Å². The fourth-order valence-corrected chi connectivity index (χ4v) is 2.31. The van der Waals surface area contributed by atoms with Crippen LogP contribution in [0, 0.1) is 5.92 Å². The molecule has 1 rings (SSSR count). The van der Waals surface area contributed by atoms with E-state index in [1.54, 1.807) is 0 Å². The van der Waals surface area contributed by atoms with E-state index in [0.717, 1.165) is 12.5 Å². The Labute approximate surface area is 67.5 Å². The summed E-state index contributed by atoms with van der Waals surface area (Å²) in [6.45, 7) is 5.18. The van der Waals surface area contributed by atoms with Crippen molar-refractivity contribution >= 4 is 11.8 Å². The topological polar surface area (TPSA) is 9.23 Å². The lowest BCUT2D eigenvalue weighted by molar-refractivity contribution is 0.0570. The van der Waals surface area contributed by atoms with Crippen LogP contribution in [0.2, 0.25) is 0 Å². The second kappa shape index (κ2) is 4.24. The Morgan fingerprint density at radius 3 is 2.90 bits per heavy atom. The molecule has 0 aromatic rings. The highest BCUT2D eigenvalue weighted by atomic mass is 32.2. The van der Waals surface area contributed by atoms with Crippen molar-refractivity contribution in [1.82, 2.24) is 0 Å². The molecule has 0 aromatic heterocycles. The zero-order valence-corrected chi connectivity index (χ0v) is 7.62. The molecule has 1 nitrogen and oxygen atoms in total. The predicted octanol–water partition coefficient (Wildman–Crippen LogP) is 2.16. The summed E-state index contributed by atoms with van der Waals surface area (Å²) in [5.74, 6) is 3.49. The number of ether oxygens (including phenoxy) is 1. The first-order valence-corrected chi connectivity index (χ1v) is 5.14. The van der Waals surface area contributed by atoms with Crippen LogP contribution in [-0.2, 0) is 4.74 Å². The van der Waals surface area contributed by atoms with Gasteiger partial charge in [0.05, 0.1) is 12.7 Å². The molecule has 0 amide bonds. The summed E-state index contributed by atoms with van der Waals surface area (Å²) in [5, 5.41) is 0. The van der Waals surface area contributed by atoms with Gasteiger partial charge in [-0.2, -0.15) is 11.8 Å². The van der Waals surface area contributed by atoms with Crippen LogP contribution < -0.4 is 0 Å². The van der Waals surface area contributed by atoms with Crippen molar-refractivity contribution in [2.45, 2.75) is 26.4 Å². The molecule has 10 heavy (non-hydrogen) atoms. The number of hydrogen-bond donors (Lipinski definition) is 0. The standard InChI is InChI=1S/C8H16OS/c1-7(2)9-5-8-3-4-10-6-8/h7-8H,3-6H2,1-2H3. The third-order valence-corrected chi connectivity index (χ3v) is 2.92. The monoisotopic (exact) mass is 160 g/mol. The Morgan fingerprint density at radius 1 is 1.60 bits per heavy atom. The van der Waals surface area contributed by atoms with Crippen molar-refractivity contribution < 1.29 is 4.74 Å².